The van der Waals surface area contributed by atoms with Gasteiger partial charge in [0.05, 0.1) is 0 Å². The molecule has 0 N–H and O–H groups in total. The Hall–Kier alpha value is -1.51. The Morgan fingerprint density at radius 1 is 1.11 bits per heavy atom. The number of aryl methyl sites for hydroxylation is 2. The molecule has 1 saturated heterocycles. The fourth-order valence-corrected chi connectivity index (χ4v) is 2.51. The molecule has 0 aliphatic carbocycles. The summed E-state index contributed by atoms with van der Waals surface area (Å²) in [6.45, 7) is 9.94. The molecule has 19 heavy (non-hydrogen) atoms. The number of carbonyl (C=O) groups is 1. The Morgan fingerprint density at radius 3 is 2.37 bits per heavy atom. The van der Waals surface area contributed by atoms with Crippen molar-refractivity contribution in [2.75, 3.05) is 31.1 Å². The van der Waals surface area contributed by atoms with Crippen LogP contribution in [0.2, 0.25) is 0 Å². The van der Waals surface area contributed by atoms with E-state index in [1.165, 1.54) is 16.8 Å². The first-order valence-electron chi connectivity index (χ1n) is 7.21. The Morgan fingerprint density at radius 2 is 1.79 bits per heavy atom. The van der Waals surface area contributed by atoms with Crippen molar-refractivity contribution in [2.24, 2.45) is 0 Å². The zero-order valence-corrected chi connectivity index (χ0v) is 12.3. The summed E-state index contributed by atoms with van der Waals surface area (Å²) in [6.07, 6.45) is 1.62. The van der Waals surface area contributed by atoms with Crippen LogP contribution < -0.4 is 4.90 Å². The third kappa shape index (κ3) is 3.28. The van der Waals surface area contributed by atoms with E-state index in [-0.39, 0.29) is 0 Å². The first-order valence-corrected chi connectivity index (χ1v) is 7.21. The lowest BCUT2D eigenvalue weighted by Crippen LogP contribution is -2.48. The Labute approximate surface area is 116 Å². The zero-order chi connectivity index (χ0) is 13.8. The molecule has 0 bridgehead atoms. The van der Waals surface area contributed by atoms with E-state index in [1.54, 1.807) is 0 Å². The molecule has 0 radical (unpaired) electrons. The van der Waals surface area contributed by atoms with Gasteiger partial charge < -0.3 is 9.80 Å². The number of rotatable bonds is 3. The van der Waals surface area contributed by atoms with Gasteiger partial charge in [-0.2, -0.15) is 0 Å². The Balaban J connectivity index is 1.96. The van der Waals surface area contributed by atoms with Gasteiger partial charge in [0, 0.05) is 38.3 Å². The van der Waals surface area contributed by atoms with E-state index in [1.807, 2.05) is 4.90 Å². The van der Waals surface area contributed by atoms with Crippen molar-refractivity contribution in [2.45, 2.75) is 33.6 Å². The lowest BCUT2D eigenvalue weighted by atomic mass is 10.1. The van der Waals surface area contributed by atoms with Crippen molar-refractivity contribution < 1.29 is 4.79 Å². The summed E-state index contributed by atoms with van der Waals surface area (Å²) in [4.78, 5) is 16.2. The average molecular weight is 260 g/mol. The minimum atomic E-state index is 0.308. The van der Waals surface area contributed by atoms with Crippen LogP contribution in [-0.2, 0) is 4.79 Å². The molecular weight excluding hydrogens is 236 g/mol. The highest BCUT2D eigenvalue weighted by Gasteiger charge is 2.20. The quantitative estimate of drug-likeness (QED) is 0.834. The molecule has 104 valence electrons. The van der Waals surface area contributed by atoms with E-state index in [2.05, 4.69) is 43.9 Å². The Kier molecular flexibility index (Phi) is 4.46. The van der Waals surface area contributed by atoms with Gasteiger partial charge in [0.25, 0.3) is 0 Å². The number of piperazine rings is 1. The summed E-state index contributed by atoms with van der Waals surface area (Å²) in [5, 5.41) is 0. The first-order chi connectivity index (χ1) is 9.11. The van der Waals surface area contributed by atoms with Gasteiger partial charge in [-0.05, 0) is 43.5 Å². The van der Waals surface area contributed by atoms with Crippen LogP contribution in [0.4, 0.5) is 5.69 Å². The summed E-state index contributed by atoms with van der Waals surface area (Å²) in [5.41, 5.74) is 3.95. The average Bonchev–Trinajstić information content (AvgIpc) is 2.42. The van der Waals surface area contributed by atoms with Crippen LogP contribution in [0.1, 0.15) is 30.9 Å². The molecule has 1 aliphatic rings. The molecule has 0 aromatic heterocycles. The molecule has 0 unspecified atom stereocenters. The van der Waals surface area contributed by atoms with Crippen molar-refractivity contribution >= 4 is 11.6 Å². The number of nitrogens with zero attached hydrogens (tertiary/aromatic N) is 2. The predicted molar refractivity (Wildman–Crippen MR) is 79.6 cm³/mol. The van der Waals surface area contributed by atoms with Gasteiger partial charge in [-0.25, -0.2) is 0 Å². The molecule has 3 heteroatoms. The number of hydrogen-bond donors (Lipinski definition) is 0. The second kappa shape index (κ2) is 6.09. The van der Waals surface area contributed by atoms with Gasteiger partial charge in [0.15, 0.2) is 0 Å². The van der Waals surface area contributed by atoms with E-state index in [0.717, 1.165) is 32.6 Å². The van der Waals surface area contributed by atoms with E-state index in [4.69, 9.17) is 0 Å². The number of amides is 1. The number of anilines is 1. The van der Waals surface area contributed by atoms with Crippen LogP contribution in [0.3, 0.4) is 0 Å². The van der Waals surface area contributed by atoms with Crippen LogP contribution >= 0.6 is 0 Å². The van der Waals surface area contributed by atoms with Gasteiger partial charge in [0.1, 0.15) is 0 Å². The molecule has 3 nitrogen and oxygen atoms in total. The highest BCUT2D eigenvalue weighted by molar-refractivity contribution is 5.76. The molecule has 2 rings (SSSR count). The van der Waals surface area contributed by atoms with Crippen molar-refractivity contribution in [1.29, 1.82) is 0 Å². The largest absolute Gasteiger partial charge is 0.368 e. The summed E-state index contributed by atoms with van der Waals surface area (Å²) >= 11 is 0. The predicted octanol–water partition coefficient (Wildman–Crippen LogP) is 2.75. The van der Waals surface area contributed by atoms with Crippen LogP contribution in [0.15, 0.2) is 18.2 Å². The number of carbonyl (C=O) groups excluding carboxylic acids is 1. The number of benzene rings is 1. The molecule has 1 aliphatic heterocycles. The van der Waals surface area contributed by atoms with Gasteiger partial charge >= 0.3 is 0 Å². The van der Waals surface area contributed by atoms with Crippen molar-refractivity contribution in [3.63, 3.8) is 0 Å². The molecule has 1 aromatic carbocycles. The second-order valence-corrected chi connectivity index (χ2v) is 5.39. The van der Waals surface area contributed by atoms with Gasteiger partial charge in [-0.3, -0.25) is 4.79 Å². The van der Waals surface area contributed by atoms with Crippen LogP contribution in [-0.4, -0.2) is 37.0 Å². The molecule has 1 heterocycles. The van der Waals surface area contributed by atoms with Crippen LogP contribution in [0, 0.1) is 13.8 Å². The molecule has 0 atom stereocenters. The van der Waals surface area contributed by atoms with E-state index in [0.29, 0.717) is 12.3 Å². The zero-order valence-electron chi connectivity index (χ0n) is 12.3. The molecule has 0 spiro atoms. The first kappa shape index (κ1) is 13.9. The monoisotopic (exact) mass is 260 g/mol. The van der Waals surface area contributed by atoms with Gasteiger partial charge in [0.2, 0.25) is 5.91 Å². The highest BCUT2D eigenvalue weighted by atomic mass is 16.2. The van der Waals surface area contributed by atoms with E-state index >= 15 is 0 Å². The SMILES string of the molecule is CCCC(=O)N1CCN(c2ccc(C)c(C)c2)CC1. The third-order valence-electron chi connectivity index (χ3n) is 3.95. The standard InChI is InChI=1S/C16H24N2O/c1-4-5-16(19)18-10-8-17(9-11-18)15-7-6-13(2)14(3)12-15/h6-7,12H,4-5,8-11H2,1-3H3. The summed E-state index contributed by atoms with van der Waals surface area (Å²) in [5.74, 6) is 0.308. The lowest BCUT2D eigenvalue weighted by molar-refractivity contribution is -0.131. The fraction of sp³-hybridized carbons (Fsp3) is 0.562. The van der Waals surface area contributed by atoms with Crippen molar-refractivity contribution in [1.82, 2.24) is 4.90 Å². The topological polar surface area (TPSA) is 23.6 Å². The Bertz CT molecular complexity index is 448. The van der Waals surface area contributed by atoms with Gasteiger partial charge in [-0.15, -0.1) is 0 Å². The second-order valence-electron chi connectivity index (χ2n) is 5.39. The van der Waals surface area contributed by atoms with Crippen LogP contribution in [0.5, 0.6) is 0 Å². The van der Waals surface area contributed by atoms with Crippen molar-refractivity contribution in [3.8, 4) is 0 Å². The van der Waals surface area contributed by atoms with Gasteiger partial charge in [-0.1, -0.05) is 13.0 Å². The minimum Gasteiger partial charge on any atom is -0.368 e. The molecule has 0 saturated carbocycles. The van der Waals surface area contributed by atoms with Crippen LogP contribution in [0.25, 0.3) is 0 Å². The molecule has 1 amide bonds. The smallest absolute Gasteiger partial charge is 0.222 e. The maximum absolute atomic E-state index is 11.8. The molecular formula is C16H24N2O. The normalized spacial score (nSPS) is 15.7. The summed E-state index contributed by atoms with van der Waals surface area (Å²) in [6, 6.07) is 6.62. The van der Waals surface area contributed by atoms with Crippen molar-refractivity contribution in [3.05, 3.63) is 29.3 Å². The lowest BCUT2D eigenvalue weighted by Gasteiger charge is -2.36. The highest BCUT2D eigenvalue weighted by Crippen LogP contribution is 2.20. The molecule has 1 aromatic rings. The third-order valence-corrected chi connectivity index (χ3v) is 3.95. The fourth-order valence-electron chi connectivity index (χ4n) is 2.51. The van der Waals surface area contributed by atoms with E-state index < -0.39 is 0 Å². The molecule has 1 fully saturated rings. The maximum atomic E-state index is 11.8. The minimum absolute atomic E-state index is 0.308. The number of hydrogen-bond acceptors (Lipinski definition) is 2. The maximum Gasteiger partial charge on any atom is 0.222 e. The summed E-state index contributed by atoms with van der Waals surface area (Å²) in [7, 11) is 0. The van der Waals surface area contributed by atoms with E-state index in [9.17, 15) is 4.79 Å². The summed E-state index contributed by atoms with van der Waals surface area (Å²) < 4.78 is 0.